The van der Waals surface area contributed by atoms with Crippen molar-refractivity contribution in [2.75, 3.05) is 0 Å². The topological polar surface area (TPSA) is 78.4 Å². The maximum atomic E-state index is 12.7. The lowest BCUT2D eigenvalue weighted by molar-refractivity contribution is -0.128. The van der Waals surface area contributed by atoms with Crippen LogP contribution in [0.15, 0.2) is 24.3 Å². The summed E-state index contributed by atoms with van der Waals surface area (Å²) in [6, 6.07) is 4.97. The number of carbonyl (C=O) groups is 2. The first-order valence-corrected chi connectivity index (χ1v) is 6.12. The lowest BCUT2D eigenvalue weighted by Gasteiger charge is -2.14. The molecule has 1 aliphatic carbocycles. The van der Waals surface area contributed by atoms with Crippen molar-refractivity contribution in [2.24, 2.45) is 5.92 Å². The number of benzene rings is 1. The van der Waals surface area contributed by atoms with Gasteiger partial charge in [-0.2, -0.15) is 0 Å². The number of aliphatic hydroxyl groups is 1. The van der Waals surface area contributed by atoms with Gasteiger partial charge in [-0.25, -0.2) is 4.39 Å². The third kappa shape index (κ3) is 3.29. The minimum absolute atomic E-state index is 0.244. The van der Waals surface area contributed by atoms with Crippen molar-refractivity contribution in [3.8, 4) is 0 Å². The number of hydrazine groups is 1. The van der Waals surface area contributed by atoms with E-state index in [1.165, 1.54) is 12.1 Å². The fourth-order valence-electron chi connectivity index (χ4n) is 2.13. The summed E-state index contributed by atoms with van der Waals surface area (Å²) in [6.07, 6.45) is 1.36. The molecule has 19 heavy (non-hydrogen) atoms. The highest BCUT2D eigenvalue weighted by atomic mass is 19.1. The second kappa shape index (κ2) is 5.79. The second-order valence-electron chi connectivity index (χ2n) is 4.56. The highest BCUT2D eigenvalue weighted by molar-refractivity contribution is 5.95. The smallest absolute Gasteiger partial charge is 0.269 e. The number of hydrogen-bond acceptors (Lipinski definition) is 3. The van der Waals surface area contributed by atoms with E-state index in [9.17, 15) is 19.1 Å². The van der Waals surface area contributed by atoms with Gasteiger partial charge in [0.15, 0.2) is 0 Å². The molecule has 1 aromatic rings. The lowest BCUT2D eigenvalue weighted by atomic mass is 10.1. The molecule has 2 unspecified atom stereocenters. The number of halogens is 1. The average molecular weight is 266 g/mol. The molecule has 102 valence electrons. The van der Waals surface area contributed by atoms with E-state index in [0.717, 1.165) is 18.6 Å². The van der Waals surface area contributed by atoms with Gasteiger partial charge in [0.2, 0.25) is 5.91 Å². The molecule has 1 saturated carbocycles. The summed E-state index contributed by atoms with van der Waals surface area (Å²) in [5, 5.41) is 9.56. The van der Waals surface area contributed by atoms with Crippen molar-refractivity contribution in [3.05, 3.63) is 35.6 Å². The monoisotopic (exact) mass is 266 g/mol. The van der Waals surface area contributed by atoms with Crippen LogP contribution in [0.5, 0.6) is 0 Å². The van der Waals surface area contributed by atoms with Crippen molar-refractivity contribution < 1.29 is 19.1 Å². The van der Waals surface area contributed by atoms with Crippen molar-refractivity contribution in [1.29, 1.82) is 0 Å². The number of amides is 2. The standard InChI is InChI=1S/C13H15FN2O3/c14-9-6-4-8(5-7-9)12(18)15-16-13(19)10-2-1-3-11(10)17/h4-7,10-11,17H,1-3H2,(H,15,18)(H,16,19). The van der Waals surface area contributed by atoms with Gasteiger partial charge in [-0.15, -0.1) is 0 Å². The summed E-state index contributed by atoms with van der Waals surface area (Å²) in [5.41, 5.74) is 4.76. The predicted molar refractivity (Wildman–Crippen MR) is 65.4 cm³/mol. The van der Waals surface area contributed by atoms with Crippen molar-refractivity contribution in [2.45, 2.75) is 25.4 Å². The van der Waals surface area contributed by atoms with Crippen molar-refractivity contribution in [3.63, 3.8) is 0 Å². The van der Waals surface area contributed by atoms with Crippen LogP contribution in [0.2, 0.25) is 0 Å². The summed E-state index contributed by atoms with van der Waals surface area (Å²) in [4.78, 5) is 23.3. The van der Waals surface area contributed by atoms with E-state index in [1.807, 2.05) is 0 Å². The molecule has 5 nitrogen and oxygen atoms in total. The molecule has 0 aliphatic heterocycles. The third-order valence-electron chi connectivity index (χ3n) is 3.22. The number of carbonyl (C=O) groups excluding carboxylic acids is 2. The molecule has 1 fully saturated rings. The third-order valence-corrected chi connectivity index (χ3v) is 3.22. The van der Waals surface area contributed by atoms with Crippen LogP contribution in [0, 0.1) is 11.7 Å². The number of nitrogens with one attached hydrogen (secondary N) is 2. The number of hydrogen-bond donors (Lipinski definition) is 3. The van der Waals surface area contributed by atoms with Crippen LogP contribution in [-0.4, -0.2) is 23.0 Å². The normalized spacial score (nSPS) is 22.0. The zero-order valence-corrected chi connectivity index (χ0v) is 10.2. The van der Waals surface area contributed by atoms with Crippen LogP contribution in [-0.2, 0) is 4.79 Å². The van der Waals surface area contributed by atoms with Crippen molar-refractivity contribution in [1.82, 2.24) is 10.9 Å². The maximum Gasteiger partial charge on any atom is 0.269 e. The Morgan fingerprint density at radius 2 is 1.84 bits per heavy atom. The Morgan fingerprint density at radius 3 is 2.42 bits per heavy atom. The summed E-state index contributed by atoms with van der Waals surface area (Å²) < 4.78 is 12.7. The van der Waals surface area contributed by atoms with Gasteiger partial charge in [-0.1, -0.05) is 0 Å². The van der Waals surface area contributed by atoms with E-state index in [4.69, 9.17) is 0 Å². The van der Waals surface area contributed by atoms with Gasteiger partial charge in [0.05, 0.1) is 12.0 Å². The Kier molecular flexibility index (Phi) is 4.11. The van der Waals surface area contributed by atoms with Gasteiger partial charge in [0.25, 0.3) is 5.91 Å². The maximum absolute atomic E-state index is 12.7. The van der Waals surface area contributed by atoms with Gasteiger partial charge in [-0.05, 0) is 43.5 Å². The molecule has 1 aliphatic rings. The van der Waals surface area contributed by atoms with Gasteiger partial charge < -0.3 is 5.11 Å². The predicted octanol–water partition coefficient (Wildman–Crippen LogP) is 0.748. The Morgan fingerprint density at radius 1 is 1.16 bits per heavy atom. The highest BCUT2D eigenvalue weighted by Crippen LogP contribution is 2.25. The largest absolute Gasteiger partial charge is 0.392 e. The van der Waals surface area contributed by atoms with E-state index < -0.39 is 29.7 Å². The fraction of sp³-hybridized carbons (Fsp3) is 0.385. The molecule has 0 bridgehead atoms. The summed E-state index contributed by atoms with van der Waals surface area (Å²) >= 11 is 0. The quantitative estimate of drug-likeness (QED) is 0.691. The van der Waals surface area contributed by atoms with E-state index >= 15 is 0 Å². The zero-order valence-electron chi connectivity index (χ0n) is 10.2. The molecule has 6 heteroatoms. The van der Waals surface area contributed by atoms with Gasteiger partial charge >= 0.3 is 0 Å². The van der Waals surface area contributed by atoms with Gasteiger partial charge in [0, 0.05) is 5.56 Å². The first-order chi connectivity index (χ1) is 9.08. The Balaban J connectivity index is 1.86. The summed E-state index contributed by atoms with van der Waals surface area (Å²) in [6.45, 7) is 0. The molecule has 1 aromatic carbocycles. The molecule has 0 spiro atoms. The minimum atomic E-state index is -0.650. The van der Waals surface area contributed by atoms with Crippen LogP contribution < -0.4 is 10.9 Å². The molecule has 0 aromatic heterocycles. The van der Waals surface area contributed by atoms with Crippen LogP contribution in [0.25, 0.3) is 0 Å². The van der Waals surface area contributed by atoms with E-state index in [-0.39, 0.29) is 5.56 Å². The molecule has 2 rings (SSSR count). The molecule has 2 amide bonds. The fourth-order valence-corrected chi connectivity index (χ4v) is 2.13. The zero-order chi connectivity index (χ0) is 13.8. The average Bonchev–Trinajstić information content (AvgIpc) is 2.83. The Hall–Kier alpha value is -1.95. The molecule has 0 heterocycles. The van der Waals surface area contributed by atoms with Crippen molar-refractivity contribution >= 4 is 11.8 Å². The highest BCUT2D eigenvalue weighted by Gasteiger charge is 2.31. The van der Waals surface area contributed by atoms with E-state index in [0.29, 0.717) is 12.8 Å². The minimum Gasteiger partial charge on any atom is -0.392 e. The van der Waals surface area contributed by atoms with Gasteiger partial charge in [-0.3, -0.25) is 20.4 Å². The number of rotatable bonds is 2. The summed E-state index contributed by atoms with van der Waals surface area (Å²) in [7, 11) is 0. The molecule has 0 saturated heterocycles. The second-order valence-corrected chi connectivity index (χ2v) is 4.56. The molecule has 3 N–H and O–H groups in total. The Labute approximate surface area is 109 Å². The van der Waals surface area contributed by atoms with Gasteiger partial charge in [0.1, 0.15) is 5.82 Å². The number of aliphatic hydroxyl groups excluding tert-OH is 1. The molecular weight excluding hydrogens is 251 g/mol. The Bertz CT molecular complexity index is 475. The van der Waals surface area contributed by atoms with Crippen LogP contribution >= 0.6 is 0 Å². The molecular formula is C13H15FN2O3. The van der Waals surface area contributed by atoms with Crippen LogP contribution in [0.3, 0.4) is 0 Å². The molecule has 2 atom stereocenters. The SMILES string of the molecule is O=C(NNC(=O)C1CCCC1O)c1ccc(F)cc1. The van der Waals surface area contributed by atoms with E-state index in [2.05, 4.69) is 10.9 Å². The lowest BCUT2D eigenvalue weighted by Crippen LogP contribution is -2.46. The first-order valence-electron chi connectivity index (χ1n) is 6.12. The summed E-state index contributed by atoms with van der Waals surface area (Å²) in [5.74, 6) is -1.84. The van der Waals surface area contributed by atoms with Crippen LogP contribution in [0.1, 0.15) is 29.6 Å². The van der Waals surface area contributed by atoms with E-state index in [1.54, 1.807) is 0 Å². The molecule has 0 radical (unpaired) electrons. The van der Waals surface area contributed by atoms with Crippen LogP contribution in [0.4, 0.5) is 4.39 Å². The first kappa shape index (κ1) is 13.5.